The highest BCUT2D eigenvalue weighted by Gasteiger charge is 2.08. The number of benzene rings is 2. The number of aromatic nitrogens is 2. The van der Waals surface area contributed by atoms with Gasteiger partial charge in [-0.3, -0.25) is 4.79 Å². The lowest BCUT2D eigenvalue weighted by Gasteiger charge is -2.08. The predicted octanol–water partition coefficient (Wildman–Crippen LogP) is 3.66. The van der Waals surface area contributed by atoms with Gasteiger partial charge in [-0.25, -0.2) is 4.98 Å². The SMILES string of the molecule is O=C(C=C(c1ccccc1)n1ccnc1)c1ccccc1. The van der Waals surface area contributed by atoms with Gasteiger partial charge in [-0.1, -0.05) is 60.7 Å². The first kappa shape index (κ1) is 13.1. The van der Waals surface area contributed by atoms with Crippen molar-refractivity contribution in [3.8, 4) is 0 Å². The molecule has 2 aromatic carbocycles. The predicted molar refractivity (Wildman–Crippen MR) is 82.8 cm³/mol. The fraction of sp³-hybridized carbons (Fsp3) is 0. The van der Waals surface area contributed by atoms with Crippen LogP contribution in [-0.2, 0) is 0 Å². The van der Waals surface area contributed by atoms with Gasteiger partial charge in [0.05, 0.1) is 12.0 Å². The van der Waals surface area contributed by atoms with Crippen molar-refractivity contribution in [3.63, 3.8) is 0 Å². The molecule has 0 unspecified atom stereocenters. The molecule has 3 heteroatoms. The highest BCUT2D eigenvalue weighted by Crippen LogP contribution is 2.17. The number of allylic oxidation sites excluding steroid dienone is 1. The zero-order chi connectivity index (χ0) is 14.5. The van der Waals surface area contributed by atoms with Crippen molar-refractivity contribution < 1.29 is 4.79 Å². The molecule has 0 bridgehead atoms. The maximum atomic E-state index is 12.4. The first-order valence-electron chi connectivity index (χ1n) is 6.69. The van der Waals surface area contributed by atoms with Crippen molar-refractivity contribution in [2.75, 3.05) is 0 Å². The van der Waals surface area contributed by atoms with E-state index in [1.165, 1.54) is 0 Å². The van der Waals surface area contributed by atoms with Gasteiger partial charge in [-0.05, 0) is 5.56 Å². The van der Waals surface area contributed by atoms with Crippen molar-refractivity contribution >= 4 is 11.5 Å². The molecule has 21 heavy (non-hydrogen) atoms. The molecule has 0 atom stereocenters. The number of ketones is 1. The third-order valence-corrected chi connectivity index (χ3v) is 3.18. The van der Waals surface area contributed by atoms with Crippen LogP contribution in [0.5, 0.6) is 0 Å². The number of hydrogen-bond donors (Lipinski definition) is 0. The minimum Gasteiger partial charge on any atom is -0.306 e. The van der Waals surface area contributed by atoms with Crippen molar-refractivity contribution in [1.82, 2.24) is 9.55 Å². The lowest BCUT2D eigenvalue weighted by Crippen LogP contribution is -2.01. The smallest absolute Gasteiger partial charge is 0.187 e. The topological polar surface area (TPSA) is 34.9 Å². The molecule has 102 valence electrons. The van der Waals surface area contributed by atoms with Crippen LogP contribution in [-0.4, -0.2) is 15.3 Å². The third kappa shape index (κ3) is 2.98. The molecule has 3 rings (SSSR count). The molecule has 0 saturated carbocycles. The van der Waals surface area contributed by atoms with Gasteiger partial charge in [-0.2, -0.15) is 0 Å². The van der Waals surface area contributed by atoms with Crippen molar-refractivity contribution in [3.05, 3.63) is 96.6 Å². The average molecular weight is 274 g/mol. The fourth-order valence-electron chi connectivity index (χ4n) is 2.13. The Hall–Kier alpha value is -2.94. The Labute approximate surface area is 123 Å². The number of nitrogens with zero attached hydrogens (tertiary/aromatic N) is 2. The van der Waals surface area contributed by atoms with Crippen LogP contribution in [0.1, 0.15) is 15.9 Å². The molecule has 0 aliphatic carbocycles. The van der Waals surface area contributed by atoms with Gasteiger partial charge in [0.1, 0.15) is 0 Å². The fourth-order valence-corrected chi connectivity index (χ4v) is 2.13. The van der Waals surface area contributed by atoms with E-state index < -0.39 is 0 Å². The highest BCUT2D eigenvalue weighted by molar-refractivity contribution is 6.08. The van der Waals surface area contributed by atoms with Crippen molar-refractivity contribution in [2.45, 2.75) is 0 Å². The van der Waals surface area contributed by atoms with E-state index >= 15 is 0 Å². The molecule has 0 N–H and O–H groups in total. The van der Waals surface area contributed by atoms with Gasteiger partial charge in [0.2, 0.25) is 0 Å². The molecule has 0 saturated heterocycles. The van der Waals surface area contributed by atoms with Crippen LogP contribution < -0.4 is 0 Å². The second kappa shape index (κ2) is 6.01. The van der Waals surface area contributed by atoms with E-state index in [2.05, 4.69) is 4.98 Å². The van der Waals surface area contributed by atoms with Crippen LogP contribution in [0.15, 0.2) is 85.5 Å². The summed E-state index contributed by atoms with van der Waals surface area (Å²) in [5, 5.41) is 0. The molecule has 0 aliphatic heterocycles. The van der Waals surface area contributed by atoms with Crippen LogP contribution in [0.2, 0.25) is 0 Å². The summed E-state index contributed by atoms with van der Waals surface area (Å²) in [6, 6.07) is 19.1. The van der Waals surface area contributed by atoms with Crippen molar-refractivity contribution in [1.29, 1.82) is 0 Å². The van der Waals surface area contributed by atoms with E-state index in [0.717, 1.165) is 11.3 Å². The molecular formula is C18H14N2O. The highest BCUT2D eigenvalue weighted by atomic mass is 16.1. The first-order chi connectivity index (χ1) is 10.3. The summed E-state index contributed by atoms with van der Waals surface area (Å²) >= 11 is 0. The van der Waals surface area contributed by atoms with Crippen LogP contribution in [0.3, 0.4) is 0 Å². The van der Waals surface area contributed by atoms with E-state index in [-0.39, 0.29) is 5.78 Å². The second-order valence-electron chi connectivity index (χ2n) is 4.60. The maximum absolute atomic E-state index is 12.4. The molecule has 3 nitrogen and oxygen atoms in total. The zero-order valence-corrected chi connectivity index (χ0v) is 11.4. The summed E-state index contributed by atoms with van der Waals surface area (Å²) in [7, 11) is 0. The molecule has 0 spiro atoms. The zero-order valence-electron chi connectivity index (χ0n) is 11.4. The molecule has 0 aliphatic rings. The Balaban J connectivity index is 2.04. The average Bonchev–Trinajstić information content (AvgIpc) is 3.08. The Morgan fingerprint density at radius 1 is 0.905 bits per heavy atom. The summed E-state index contributed by atoms with van der Waals surface area (Å²) < 4.78 is 1.84. The largest absolute Gasteiger partial charge is 0.306 e. The van der Waals surface area contributed by atoms with E-state index in [0.29, 0.717) is 5.56 Å². The minimum atomic E-state index is -0.0249. The molecular weight excluding hydrogens is 260 g/mol. The molecule has 0 amide bonds. The third-order valence-electron chi connectivity index (χ3n) is 3.18. The van der Waals surface area contributed by atoms with E-state index in [9.17, 15) is 4.79 Å². The first-order valence-corrected chi connectivity index (χ1v) is 6.69. The Morgan fingerprint density at radius 3 is 2.10 bits per heavy atom. The molecule has 3 aromatic rings. The van der Waals surface area contributed by atoms with Crippen LogP contribution in [0.4, 0.5) is 0 Å². The molecule has 1 aromatic heterocycles. The Kier molecular flexibility index (Phi) is 3.74. The van der Waals surface area contributed by atoms with Crippen molar-refractivity contribution in [2.24, 2.45) is 0 Å². The number of hydrogen-bond acceptors (Lipinski definition) is 2. The lowest BCUT2D eigenvalue weighted by atomic mass is 10.1. The number of rotatable bonds is 4. The van der Waals surface area contributed by atoms with Gasteiger partial charge < -0.3 is 4.57 Å². The summed E-state index contributed by atoms with van der Waals surface area (Å²) in [4.78, 5) is 16.5. The van der Waals surface area contributed by atoms with Gasteiger partial charge in [0, 0.05) is 24.0 Å². The van der Waals surface area contributed by atoms with Gasteiger partial charge >= 0.3 is 0 Å². The quantitative estimate of drug-likeness (QED) is 0.537. The monoisotopic (exact) mass is 274 g/mol. The lowest BCUT2D eigenvalue weighted by molar-refractivity contribution is 0.104. The van der Waals surface area contributed by atoms with Crippen LogP contribution in [0, 0.1) is 0 Å². The van der Waals surface area contributed by atoms with E-state index in [4.69, 9.17) is 0 Å². The minimum absolute atomic E-state index is 0.0249. The van der Waals surface area contributed by atoms with E-state index in [1.54, 1.807) is 18.6 Å². The van der Waals surface area contributed by atoms with Gasteiger partial charge in [0.25, 0.3) is 0 Å². The van der Waals surface area contributed by atoms with E-state index in [1.807, 2.05) is 71.4 Å². The normalized spacial score (nSPS) is 11.3. The van der Waals surface area contributed by atoms with Gasteiger partial charge in [-0.15, -0.1) is 0 Å². The standard InChI is InChI=1S/C18H14N2O/c21-18(16-9-5-2-6-10-16)13-17(20-12-11-19-14-20)15-7-3-1-4-8-15/h1-14H. The maximum Gasteiger partial charge on any atom is 0.187 e. The number of carbonyl (C=O) groups excluding carboxylic acids is 1. The number of carbonyl (C=O) groups is 1. The second-order valence-corrected chi connectivity index (χ2v) is 4.60. The molecule has 0 fully saturated rings. The van der Waals surface area contributed by atoms with Crippen LogP contribution >= 0.6 is 0 Å². The summed E-state index contributed by atoms with van der Waals surface area (Å²) in [5.74, 6) is -0.0249. The van der Waals surface area contributed by atoms with Crippen LogP contribution in [0.25, 0.3) is 5.70 Å². The molecule has 1 heterocycles. The van der Waals surface area contributed by atoms with Gasteiger partial charge in [0.15, 0.2) is 5.78 Å². The Morgan fingerprint density at radius 2 is 1.52 bits per heavy atom. The summed E-state index contributed by atoms with van der Waals surface area (Å²) in [6.45, 7) is 0. The summed E-state index contributed by atoms with van der Waals surface area (Å²) in [5.41, 5.74) is 2.45. The number of imidazole rings is 1. The summed E-state index contributed by atoms with van der Waals surface area (Å²) in [6.07, 6.45) is 6.87. The Bertz CT molecular complexity index is 744. The molecule has 0 radical (unpaired) electrons.